The van der Waals surface area contributed by atoms with Gasteiger partial charge in [0.2, 0.25) is 5.91 Å². The maximum Gasteiger partial charge on any atom is 0.225 e. The van der Waals surface area contributed by atoms with Gasteiger partial charge in [0.05, 0.1) is 5.69 Å². The SMILES string of the molecule is CC(C)NCCC(=O)Nc1cccc(-c2ccn[nH]2)c1. The lowest BCUT2D eigenvalue weighted by Crippen LogP contribution is -2.27. The summed E-state index contributed by atoms with van der Waals surface area (Å²) < 4.78 is 0. The smallest absolute Gasteiger partial charge is 0.225 e. The Kier molecular flexibility index (Phi) is 4.90. The van der Waals surface area contributed by atoms with Gasteiger partial charge in [0.15, 0.2) is 0 Å². The first kappa shape index (κ1) is 14.3. The monoisotopic (exact) mass is 272 g/mol. The second kappa shape index (κ2) is 6.86. The topological polar surface area (TPSA) is 69.8 Å². The van der Waals surface area contributed by atoms with E-state index in [0.717, 1.165) is 16.9 Å². The first-order valence-electron chi connectivity index (χ1n) is 6.78. The van der Waals surface area contributed by atoms with Crippen molar-refractivity contribution in [2.24, 2.45) is 0 Å². The van der Waals surface area contributed by atoms with E-state index in [1.165, 1.54) is 0 Å². The van der Waals surface area contributed by atoms with E-state index in [4.69, 9.17) is 0 Å². The Balaban J connectivity index is 1.93. The van der Waals surface area contributed by atoms with Crippen LogP contribution in [0, 0.1) is 0 Å². The molecule has 0 radical (unpaired) electrons. The summed E-state index contributed by atoms with van der Waals surface area (Å²) >= 11 is 0. The van der Waals surface area contributed by atoms with E-state index >= 15 is 0 Å². The Bertz CT molecular complexity index is 549. The molecule has 5 heteroatoms. The summed E-state index contributed by atoms with van der Waals surface area (Å²) in [4.78, 5) is 11.8. The summed E-state index contributed by atoms with van der Waals surface area (Å²) in [5.41, 5.74) is 2.73. The zero-order chi connectivity index (χ0) is 14.4. The fourth-order valence-corrected chi connectivity index (χ4v) is 1.88. The Morgan fingerprint density at radius 1 is 1.35 bits per heavy atom. The second-order valence-electron chi connectivity index (χ2n) is 4.96. The van der Waals surface area contributed by atoms with Gasteiger partial charge in [-0.2, -0.15) is 5.10 Å². The van der Waals surface area contributed by atoms with Crippen molar-refractivity contribution >= 4 is 11.6 Å². The number of amides is 1. The van der Waals surface area contributed by atoms with Gasteiger partial charge in [-0.3, -0.25) is 9.89 Å². The molecule has 1 aromatic carbocycles. The van der Waals surface area contributed by atoms with E-state index in [1.807, 2.05) is 30.3 Å². The standard InChI is InChI=1S/C15H20N4O/c1-11(2)16-8-7-15(20)18-13-5-3-4-12(10-13)14-6-9-17-19-14/h3-6,9-11,16H,7-8H2,1-2H3,(H,17,19)(H,18,20). The van der Waals surface area contributed by atoms with Gasteiger partial charge in [-0.05, 0) is 18.2 Å². The van der Waals surface area contributed by atoms with E-state index < -0.39 is 0 Å². The van der Waals surface area contributed by atoms with Crippen LogP contribution in [0.5, 0.6) is 0 Å². The van der Waals surface area contributed by atoms with Crippen molar-refractivity contribution in [1.29, 1.82) is 0 Å². The Hall–Kier alpha value is -2.14. The first-order chi connectivity index (χ1) is 9.65. The summed E-state index contributed by atoms with van der Waals surface area (Å²) in [5, 5.41) is 13.0. The zero-order valence-corrected chi connectivity index (χ0v) is 11.8. The summed E-state index contributed by atoms with van der Waals surface area (Å²) in [6, 6.07) is 10.00. The second-order valence-corrected chi connectivity index (χ2v) is 4.96. The first-order valence-corrected chi connectivity index (χ1v) is 6.78. The molecule has 20 heavy (non-hydrogen) atoms. The van der Waals surface area contributed by atoms with Crippen molar-refractivity contribution in [3.8, 4) is 11.3 Å². The highest BCUT2D eigenvalue weighted by molar-refractivity contribution is 5.91. The average Bonchev–Trinajstić information content (AvgIpc) is 2.92. The number of benzene rings is 1. The maximum atomic E-state index is 11.8. The minimum Gasteiger partial charge on any atom is -0.326 e. The number of aromatic nitrogens is 2. The van der Waals surface area contributed by atoms with E-state index in [-0.39, 0.29) is 5.91 Å². The van der Waals surface area contributed by atoms with Crippen molar-refractivity contribution in [2.45, 2.75) is 26.3 Å². The molecule has 0 saturated heterocycles. The Morgan fingerprint density at radius 2 is 2.20 bits per heavy atom. The normalized spacial score (nSPS) is 10.8. The van der Waals surface area contributed by atoms with E-state index in [9.17, 15) is 4.79 Å². The molecule has 0 saturated carbocycles. The summed E-state index contributed by atoms with van der Waals surface area (Å²) in [6.45, 7) is 4.81. The van der Waals surface area contributed by atoms with Crippen LogP contribution in [0.25, 0.3) is 11.3 Å². The fraction of sp³-hybridized carbons (Fsp3) is 0.333. The van der Waals surface area contributed by atoms with E-state index in [0.29, 0.717) is 19.0 Å². The molecule has 3 N–H and O–H groups in total. The van der Waals surface area contributed by atoms with Crippen molar-refractivity contribution in [1.82, 2.24) is 15.5 Å². The van der Waals surface area contributed by atoms with Crippen LogP contribution in [0.2, 0.25) is 0 Å². The molecule has 2 rings (SSSR count). The molecule has 0 bridgehead atoms. The molecule has 0 aliphatic rings. The number of hydrogen-bond acceptors (Lipinski definition) is 3. The number of aromatic amines is 1. The van der Waals surface area contributed by atoms with Gasteiger partial charge in [-0.1, -0.05) is 26.0 Å². The van der Waals surface area contributed by atoms with Gasteiger partial charge in [0, 0.05) is 36.5 Å². The molecule has 0 spiro atoms. The molecule has 1 heterocycles. The minimum absolute atomic E-state index is 0.0138. The molecule has 1 amide bonds. The van der Waals surface area contributed by atoms with Crippen LogP contribution in [-0.2, 0) is 4.79 Å². The lowest BCUT2D eigenvalue weighted by molar-refractivity contribution is -0.116. The fourth-order valence-electron chi connectivity index (χ4n) is 1.88. The van der Waals surface area contributed by atoms with Crippen molar-refractivity contribution < 1.29 is 4.79 Å². The molecule has 1 aromatic heterocycles. The van der Waals surface area contributed by atoms with Crippen LogP contribution in [0.1, 0.15) is 20.3 Å². The maximum absolute atomic E-state index is 11.8. The molecule has 106 valence electrons. The third-order valence-corrected chi connectivity index (χ3v) is 2.86. The Labute approximate surface area is 118 Å². The summed E-state index contributed by atoms with van der Waals surface area (Å²) in [5.74, 6) is 0.0138. The molecule has 0 aliphatic heterocycles. The Morgan fingerprint density at radius 3 is 2.90 bits per heavy atom. The summed E-state index contributed by atoms with van der Waals surface area (Å²) in [7, 11) is 0. The van der Waals surface area contributed by atoms with Crippen molar-refractivity contribution in [2.75, 3.05) is 11.9 Å². The van der Waals surface area contributed by atoms with Crippen LogP contribution in [0.4, 0.5) is 5.69 Å². The van der Waals surface area contributed by atoms with Gasteiger partial charge in [0.1, 0.15) is 0 Å². The number of anilines is 1. The highest BCUT2D eigenvalue weighted by Gasteiger charge is 2.04. The number of rotatable bonds is 6. The third-order valence-electron chi connectivity index (χ3n) is 2.86. The average molecular weight is 272 g/mol. The molecular weight excluding hydrogens is 252 g/mol. The number of H-pyrrole nitrogens is 1. The highest BCUT2D eigenvalue weighted by Crippen LogP contribution is 2.20. The van der Waals surface area contributed by atoms with Crippen LogP contribution in [-0.4, -0.2) is 28.7 Å². The van der Waals surface area contributed by atoms with Crippen molar-refractivity contribution in [3.05, 3.63) is 36.5 Å². The predicted octanol–water partition coefficient (Wildman–Crippen LogP) is 2.40. The van der Waals surface area contributed by atoms with Gasteiger partial charge >= 0.3 is 0 Å². The molecule has 0 atom stereocenters. The molecule has 5 nitrogen and oxygen atoms in total. The third kappa shape index (κ3) is 4.20. The van der Waals surface area contributed by atoms with Crippen LogP contribution >= 0.6 is 0 Å². The van der Waals surface area contributed by atoms with Crippen LogP contribution in [0.15, 0.2) is 36.5 Å². The lowest BCUT2D eigenvalue weighted by Gasteiger charge is -2.09. The van der Waals surface area contributed by atoms with Crippen LogP contribution < -0.4 is 10.6 Å². The van der Waals surface area contributed by atoms with Gasteiger partial charge in [-0.25, -0.2) is 0 Å². The van der Waals surface area contributed by atoms with E-state index in [2.05, 4.69) is 34.7 Å². The number of nitrogens with zero attached hydrogens (tertiary/aromatic N) is 1. The zero-order valence-electron chi connectivity index (χ0n) is 11.8. The molecule has 0 unspecified atom stereocenters. The molecule has 2 aromatic rings. The number of nitrogens with one attached hydrogen (secondary N) is 3. The predicted molar refractivity (Wildman–Crippen MR) is 80.4 cm³/mol. The largest absolute Gasteiger partial charge is 0.326 e. The lowest BCUT2D eigenvalue weighted by atomic mass is 10.1. The quantitative estimate of drug-likeness (QED) is 0.756. The minimum atomic E-state index is 0.0138. The molecule has 0 aliphatic carbocycles. The number of carbonyl (C=O) groups excluding carboxylic acids is 1. The van der Waals surface area contributed by atoms with Crippen LogP contribution in [0.3, 0.4) is 0 Å². The molecule has 0 fully saturated rings. The highest BCUT2D eigenvalue weighted by atomic mass is 16.1. The van der Waals surface area contributed by atoms with Gasteiger partial charge in [-0.15, -0.1) is 0 Å². The van der Waals surface area contributed by atoms with Gasteiger partial charge < -0.3 is 10.6 Å². The number of hydrogen-bond donors (Lipinski definition) is 3. The number of carbonyl (C=O) groups is 1. The molecular formula is C15H20N4O. The van der Waals surface area contributed by atoms with Gasteiger partial charge in [0.25, 0.3) is 0 Å². The van der Waals surface area contributed by atoms with Crippen molar-refractivity contribution in [3.63, 3.8) is 0 Å². The summed E-state index contributed by atoms with van der Waals surface area (Å²) in [6.07, 6.45) is 2.17. The van der Waals surface area contributed by atoms with E-state index in [1.54, 1.807) is 6.20 Å².